The van der Waals surface area contributed by atoms with E-state index in [9.17, 15) is 0 Å². The Bertz CT molecular complexity index is 480. The highest BCUT2D eigenvalue weighted by Gasteiger charge is 2.08. The minimum absolute atomic E-state index is 0.520. The standard InChI is InChI=1S/C13H17N3/c1-9(2)11-5-6-12(14-7-11)13-10(3)8-16(4)15-13/h5-9H,1-4H3. The second-order valence-corrected chi connectivity index (χ2v) is 4.47. The van der Waals surface area contributed by atoms with Crippen LogP contribution in [0.5, 0.6) is 0 Å². The summed E-state index contributed by atoms with van der Waals surface area (Å²) in [5, 5.41) is 4.41. The van der Waals surface area contributed by atoms with E-state index in [2.05, 4.69) is 36.9 Å². The van der Waals surface area contributed by atoms with Crippen LogP contribution in [0.4, 0.5) is 0 Å². The Labute approximate surface area is 96.1 Å². The summed E-state index contributed by atoms with van der Waals surface area (Å²) < 4.78 is 1.82. The molecule has 0 fully saturated rings. The molecule has 2 aromatic heterocycles. The van der Waals surface area contributed by atoms with E-state index in [1.807, 2.05) is 30.2 Å². The quantitative estimate of drug-likeness (QED) is 0.771. The summed E-state index contributed by atoms with van der Waals surface area (Å²) in [5.74, 6) is 0.520. The lowest BCUT2D eigenvalue weighted by Crippen LogP contribution is -1.92. The third-order valence-corrected chi connectivity index (χ3v) is 2.71. The number of hydrogen-bond acceptors (Lipinski definition) is 2. The van der Waals surface area contributed by atoms with Crippen LogP contribution in [0, 0.1) is 6.92 Å². The molecule has 0 aliphatic carbocycles. The minimum Gasteiger partial charge on any atom is -0.275 e. The number of aryl methyl sites for hydroxylation is 2. The molecular formula is C13H17N3. The summed E-state index contributed by atoms with van der Waals surface area (Å²) in [5.41, 5.74) is 4.34. The molecule has 0 spiro atoms. The van der Waals surface area contributed by atoms with Crippen molar-refractivity contribution in [3.8, 4) is 11.4 Å². The molecule has 0 amide bonds. The molecule has 2 heterocycles. The van der Waals surface area contributed by atoms with Crippen LogP contribution in [-0.4, -0.2) is 14.8 Å². The third-order valence-electron chi connectivity index (χ3n) is 2.71. The van der Waals surface area contributed by atoms with Crippen molar-refractivity contribution >= 4 is 0 Å². The molecule has 2 rings (SSSR count). The molecule has 84 valence electrons. The Morgan fingerprint density at radius 3 is 2.44 bits per heavy atom. The number of aromatic nitrogens is 3. The van der Waals surface area contributed by atoms with Crippen LogP contribution in [0.25, 0.3) is 11.4 Å². The van der Waals surface area contributed by atoms with Gasteiger partial charge in [-0.15, -0.1) is 0 Å². The van der Waals surface area contributed by atoms with E-state index >= 15 is 0 Å². The first-order valence-corrected chi connectivity index (χ1v) is 5.54. The molecular weight excluding hydrogens is 198 g/mol. The Kier molecular flexibility index (Phi) is 2.77. The van der Waals surface area contributed by atoms with Gasteiger partial charge in [-0.1, -0.05) is 19.9 Å². The molecule has 0 unspecified atom stereocenters. The average Bonchev–Trinajstić information content (AvgIpc) is 2.58. The molecule has 3 nitrogen and oxygen atoms in total. The predicted molar refractivity (Wildman–Crippen MR) is 65.3 cm³/mol. The van der Waals surface area contributed by atoms with Gasteiger partial charge in [0, 0.05) is 19.4 Å². The average molecular weight is 215 g/mol. The summed E-state index contributed by atoms with van der Waals surface area (Å²) in [4.78, 5) is 4.47. The van der Waals surface area contributed by atoms with Gasteiger partial charge in [0.05, 0.1) is 5.69 Å². The highest BCUT2D eigenvalue weighted by molar-refractivity contribution is 5.57. The Morgan fingerprint density at radius 1 is 1.25 bits per heavy atom. The van der Waals surface area contributed by atoms with E-state index in [1.54, 1.807) is 0 Å². The van der Waals surface area contributed by atoms with Gasteiger partial charge < -0.3 is 0 Å². The number of hydrogen-bond donors (Lipinski definition) is 0. The molecule has 0 saturated carbocycles. The van der Waals surface area contributed by atoms with Gasteiger partial charge in [0.25, 0.3) is 0 Å². The molecule has 3 heteroatoms. The monoisotopic (exact) mass is 215 g/mol. The third kappa shape index (κ3) is 1.98. The maximum absolute atomic E-state index is 4.47. The SMILES string of the molecule is Cc1cn(C)nc1-c1ccc(C(C)C)cn1. The molecule has 0 atom stereocenters. The van der Waals surface area contributed by atoms with Crippen molar-refractivity contribution in [2.75, 3.05) is 0 Å². The van der Waals surface area contributed by atoms with Crippen molar-refractivity contribution in [1.29, 1.82) is 0 Å². The summed E-state index contributed by atoms with van der Waals surface area (Å²) in [7, 11) is 1.93. The smallest absolute Gasteiger partial charge is 0.114 e. The van der Waals surface area contributed by atoms with Crippen LogP contribution in [0.15, 0.2) is 24.5 Å². The molecule has 16 heavy (non-hydrogen) atoms. The zero-order valence-corrected chi connectivity index (χ0v) is 10.2. The highest BCUT2D eigenvalue weighted by Crippen LogP contribution is 2.21. The van der Waals surface area contributed by atoms with Crippen LogP contribution in [0.1, 0.15) is 30.9 Å². The van der Waals surface area contributed by atoms with Crippen molar-refractivity contribution in [2.45, 2.75) is 26.7 Å². The van der Waals surface area contributed by atoms with Crippen LogP contribution in [0.2, 0.25) is 0 Å². The van der Waals surface area contributed by atoms with Gasteiger partial charge in [-0.25, -0.2) is 0 Å². The lowest BCUT2D eigenvalue weighted by Gasteiger charge is -2.05. The second-order valence-electron chi connectivity index (χ2n) is 4.47. The van der Waals surface area contributed by atoms with Gasteiger partial charge in [0.1, 0.15) is 5.69 Å². The topological polar surface area (TPSA) is 30.7 Å². The van der Waals surface area contributed by atoms with Gasteiger partial charge in [-0.2, -0.15) is 5.10 Å². The van der Waals surface area contributed by atoms with E-state index in [4.69, 9.17) is 0 Å². The van der Waals surface area contributed by atoms with Gasteiger partial charge in [-0.3, -0.25) is 9.67 Å². The summed E-state index contributed by atoms with van der Waals surface area (Å²) in [6, 6.07) is 4.17. The molecule has 0 radical (unpaired) electrons. The van der Waals surface area contributed by atoms with Crippen molar-refractivity contribution in [2.24, 2.45) is 7.05 Å². The van der Waals surface area contributed by atoms with Crippen molar-refractivity contribution in [3.05, 3.63) is 35.7 Å². The van der Waals surface area contributed by atoms with Gasteiger partial charge >= 0.3 is 0 Å². The number of rotatable bonds is 2. The van der Waals surface area contributed by atoms with Crippen LogP contribution >= 0.6 is 0 Å². The molecule has 0 aliphatic rings. The van der Waals surface area contributed by atoms with Crippen LogP contribution in [0.3, 0.4) is 0 Å². The van der Waals surface area contributed by atoms with E-state index in [0.717, 1.165) is 17.0 Å². The summed E-state index contributed by atoms with van der Waals surface area (Å²) in [6.45, 7) is 6.39. The minimum atomic E-state index is 0.520. The zero-order valence-electron chi connectivity index (χ0n) is 10.2. The summed E-state index contributed by atoms with van der Waals surface area (Å²) in [6.07, 6.45) is 3.95. The number of nitrogens with zero attached hydrogens (tertiary/aromatic N) is 3. The van der Waals surface area contributed by atoms with Gasteiger partial charge in [0.15, 0.2) is 0 Å². The first-order valence-electron chi connectivity index (χ1n) is 5.54. The zero-order chi connectivity index (χ0) is 11.7. The van der Waals surface area contributed by atoms with Crippen LogP contribution < -0.4 is 0 Å². The van der Waals surface area contributed by atoms with Gasteiger partial charge in [-0.05, 0) is 30.0 Å². The van der Waals surface area contributed by atoms with Crippen molar-refractivity contribution < 1.29 is 0 Å². The fourth-order valence-corrected chi connectivity index (χ4v) is 1.75. The maximum Gasteiger partial charge on any atom is 0.114 e. The molecule has 0 saturated heterocycles. The maximum atomic E-state index is 4.47. The molecule has 2 aromatic rings. The lowest BCUT2D eigenvalue weighted by molar-refractivity contribution is 0.769. The fraction of sp³-hybridized carbons (Fsp3) is 0.385. The van der Waals surface area contributed by atoms with E-state index in [-0.39, 0.29) is 0 Å². The highest BCUT2D eigenvalue weighted by atomic mass is 15.3. The lowest BCUT2D eigenvalue weighted by atomic mass is 10.1. The Balaban J connectivity index is 2.38. The largest absolute Gasteiger partial charge is 0.275 e. The number of pyridine rings is 1. The van der Waals surface area contributed by atoms with Gasteiger partial charge in [0.2, 0.25) is 0 Å². The first-order chi connectivity index (χ1) is 7.58. The second kappa shape index (κ2) is 4.08. The normalized spacial score (nSPS) is 11.1. The first kappa shape index (κ1) is 10.9. The van der Waals surface area contributed by atoms with Crippen molar-refractivity contribution in [3.63, 3.8) is 0 Å². The van der Waals surface area contributed by atoms with E-state index < -0.39 is 0 Å². The molecule has 0 aromatic carbocycles. The molecule has 0 bridgehead atoms. The fourth-order valence-electron chi connectivity index (χ4n) is 1.75. The Morgan fingerprint density at radius 2 is 2.00 bits per heavy atom. The Hall–Kier alpha value is -1.64. The predicted octanol–water partition coefficient (Wildman–Crippen LogP) is 2.91. The molecule has 0 aliphatic heterocycles. The van der Waals surface area contributed by atoms with Crippen molar-refractivity contribution in [1.82, 2.24) is 14.8 Å². The van der Waals surface area contributed by atoms with Crippen LogP contribution in [-0.2, 0) is 7.05 Å². The summed E-state index contributed by atoms with van der Waals surface area (Å²) >= 11 is 0. The molecule has 0 N–H and O–H groups in total. The van der Waals surface area contributed by atoms with E-state index in [0.29, 0.717) is 5.92 Å². The van der Waals surface area contributed by atoms with E-state index in [1.165, 1.54) is 5.56 Å².